The Balaban J connectivity index is 2.24. The number of hydrogen-bond donors (Lipinski definition) is 4. The van der Waals surface area contributed by atoms with Gasteiger partial charge in [-0.25, -0.2) is 0 Å². The molecule has 1 aromatic rings. The van der Waals surface area contributed by atoms with Crippen LogP contribution in [0.4, 0.5) is 0 Å². The molecule has 4 N–H and O–H groups in total. The van der Waals surface area contributed by atoms with Crippen molar-refractivity contribution in [3.05, 3.63) is 35.9 Å². The van der Waals surface area contributed by atoms with Gasteiger partial charge in [-0.2, -0.15) is 0 Å². The molecule has 0 aromatic heterocycles. The quantitative estimate of drug-likeness (QED) is 0.572. The van der Waals surface area contributed by atoms with Gasteiger partial charge in [-0.1, -0.05) is 30.3 Å². The highest BCUT2D eigenvalue weighted by molar-refractivity contribution is 5.16. The minimum atomic E-state index is -1.32. The second-order valence-corrected chi connectivity index (χ2v) is 4.44. The van der Waals surface area contributed by atoms with E-state index in [9.17, 15) is 20.4 Å². The summed E-state index contributed by atoms with van der Waals surface area (Å²) in [5.74, 6) is 0. The van der Waals surface area contributed by atoms with Gasteiger partial charge < -0.3 is 29.9 Å². The number of aliphatic hydroxyl groups is 4. The summed E-state index contributed by atoms with van der Waals surface area (Å²) in [4.78, 5) is 0. The highest BCUT2D eigenvalue weighted by Crippen LogP contribution is 2.29. The zero-order valence-electron chi connectivity index (χ0n) is 10.3. The van der Waals surface area contributed by atoms with Gasteiger partial charge in [-0.15, -0.1) is 0 Å². The zero-order valence-corrected chi connectivity index (χ0v) is 10.3. The van der Waals surface area contributed by atoms with Gasteiger partial charge >= 0.3 is 0 Å². The van der Waals surface area contributed by atoms with Crippen molar-refractivity contribution in [2.45, 2.75) is 30.7 Å². The van der Waals surface area contributed by atoms with Crippen LogP contribution >= 0.6 is 0 Å². The van der Waals surface area contributed by atoms with Crippen molar-refractivity contribution in [2.24, 2.45) is 0 Å². The highest BCUT2D eigenvalue weighted by atomic mass is 16.7. The maximum Gasteiger partial charge on any atom is 0.184 e. The molecule has 1 aliphatic rings. The van der Waals surface area contributed by atoms with Crippen LogP contribution in [-0.2, 0) is 9.47 Å². The average molecular weight is 270 g/mol. The van der Waals surface area contributed by atoms with E-state index in [1.807, 2.05) is 6.07 Å². The summed E-state index contributed by atoms with van der Waals surface area (Å²) in [5.41, 5.74) is 0.681. The first kappa shape index (κ1) is 14.4. The van der Waals surface area contributed by atoms with E-state index in [2.05, 4.69) is 0 Å². The topological polar surface area (TPSA) is 99.4 Å². The van der Waals surface area contributed by atoms with Gasteiger partial charge in [0.1, 0.15) is 24.4 Å². The fourth-order valence-corrected chi connectivity index (χ4v) is 2.02. The number of ether oxygens (including phenoxy) is 2. The van der Waals surface area contributed by atoms with E-state index in [0.717, 1.165) is 0 Å². The largest absolute Gasteiger partial charge is 0.394 e. The first-order valence-corrected chi connectivity index (χ1v) is 6.11. The predicted molar refractivity (Wildman–Crippen MR) is 65.1 cm³/mol. The molecule has 1 aromatic carbocycles. The van der Waals surface area contributed by atoms with Gasteiger partial charge in [0, 0.05) is 5.56 Å². The Bertz CT molecular complexity index is 366. The van der Waals surface area contributed by atoms with Crippen molar-refractivity contribution < 1.29 is 29.9 Å². The lowest BCUT2D eigenvalue weighted by Gasteiger charge is -2.23. The number of hydrogen-bond acceptors (Lipinski definition) is 6. The van der Waals surface area contributed by atoms with Crippen LogP contribution in [0.3, 0.4) is 0 Å². The van der Waals surface area contributed by atoms with Crippen molar-refractivity contribution in [1.29, 1.82) is 0 Å². The van der Waals surface area contributed by atoms with Gasteiger partial charge in [-0.3, -0.25) is 0 Å². The molecule has 1 aliphatic heterocycles. The standard InChI is InChI=1S/C13H18O6/c14-6-9-11(16)12(17)10(7-15)19-13(18-9)8-4-2-1-3-5-8/h1-5,9-17H,6-7H2. The van der Waals surface area contributed by atoms with Crippen molar-refractivity contribution >= 4 is 0 Å². The summed E-state index contributed by atoms with van der Waals surface area (Å²) in [6.45, 7) is -0.911. The second kappa shape index (κ2) is 6.42. The fraction of sp³-hybridized carbons (Fsp3) is 0.538. The summed E-state index contributed by atoms with van der Waals surface area (Å²) in [6, 6.07) is 8.94. The lowest BCUT2D eigenvalue weighted by atomic mass is 10.0. The second-order valence-electron chi connectivity index (χ2n) is 4.44. The number of aliphatic hydroxyl groups excluding tert-OH is 4. The molecular weight excluding hydrogens is 252 g/mol. The van der Waals surface area contributed by atoms with E-state index < -0.39 is 43.9 Å². The summed E-state index contributed by atoms with van der Waals surface area (Å²) in [7, 11) is 0. The van der Waals surface area contributed by atoms with E-state index in [1.54, 1.807) is 24.3 Å². The third-order valence-corrected chi connectivity index (χ3v) is 3.14. The minimum absolute atomic E-state index is 0.455. The van der Waals surface area contributed by atoms with Crippen molar-refractivity contribution in [1.82, 2.24) is 0 Å². The lowest BCUT2D eigenvalue weighted by molar-refractivity contribution is -0.199. The maximum atomic E-state index is 9.86. The molecule has 1 heterocycles. The van der Waals surface area contributed by atoms with E-state index in [-0.39, 0.29) is 0 Å². The Kier molecular flexibility index (Phi) is 4.87. The van der Waals surface area contributed by atoms with Crippen LogP contribution in [0.15, 0.2) is 30.3 Å². The Hall–Kier alpha value is -1.02. The Labute approximate surface area is 110 Å². The molecule has 0 aliphatic carbocycles. The van der Waals surface area contributed by atoms with Crippen LogP contribution in [0.1, 0.15) is 11.9 Å². The van der Waals surface area contributed by atoms with Gasteiger partial charge in [0.15, 0.2) is 6.29 Å². The highest BCUT2D eigenvalue weighted by Gasteiger charge is 2.40. The first-order valence-electron chi connectivity index (χ1n) is 6.11. The molecule has 0 spiro atoms. The Morgan fingerprint density at radius 1 is 0.842 bits per heavy atom. The molecule has 0 radical (unpaired) electrons. The van der Waals surface area contributed by atoms with Gasteiger partial charge in [-0.05, 0) is 0 Å². The van der Waals surface area contributed by atoms with Gasteiger partial charge in [0.2, 0.25) is 0 Å². The molecule has 4 unspecified atom stereocenters. The third kappa shape index (κ3) is 3.11. The lowest BCUT2D eigenvalue weighted by Crippen LogP contribution is -2.45. The Morgan fingerprint density at radius 3 is 1.74 bits per heavy atom. The van der Waals surface area contributed by atoms with E-state index in [1.165, 1.54) is 0 Å². The summed E-state index contributed by atoms with van der Waals surface area (Å²) in [5, 5.41) is 38.1. The minimum Gasteiger partial charge on any atom is -0.394 e. The molecule has 6 nitrogen and oxygen atoms in total. The summed E-state index contributed by atoms with van der Waals surface area (Å²) < 4.78 is 10.9. The molecule has 4 atom stereocenters. The van der Waals surface area contributed by atoms with Crippen molar-refractivity contribution in [3.8, 4) is 0 Å². The fourth-order valence-electron chi connectivity index (χ4n) is 2.02. The molecule has 2 rings (SSSR count). The monoisotopic (exact) mass is 270 g/mol. The van der Waals surface area contributed by atoms with Crippen LogP contribution in [-0.4, -0.2) is 58.1 Å². The van der Waals surface area contributed by atoms with Crippen molar-refractivity contribution in [3.63, 3.8) is 0 Å². The normalized spacial score (nSPS) is 35.9. The molecule has 0 amide bonds. The van der Waals surface area contributed by atoms with Crippen molar-refractivity contribution in [2.75, 3.05) is 13.2 Å². The van der Waals surface area contributed by atoms with Crippen LogP contribution in [0, 0.1) is 0 Å². The average Bonchev–Trinajstić information content (AvgIpc) is 2.58. The van der Waals surface area contributed by atoms with Gasteiger partial charge in [0.05, 0.1) is 13.2 Å². The SMILES string of the molecule is OCC1OC(c2ccccc2)OC(CO)C(O)C1O. The molecule has 19 heavy (non-hydrogen) atoms. The third-order valence-electron chi connectivity index (χ3n) is 3.14. The maximum absolute atomic E-state index is 9.86. The molecule has 0 saturated carbocycles. The molecule has 0 bridgehead atoms. The summed E-state index contributed by atoms with van der Waals surface area (Å²) in [6.07, 6.45) is -5.46. The van der Waals surface area contributed by atoms with E-state index in [0.29, 0.717) is 5.56 Å². The predicted octanol–water partition coefficient (Wildman–Crippen LogP) is -0.824. The van der Waals surface area contributed by atoms with Gasteiger partial charge in [0.25, 0.3) is 0 Å². The first-order chi connectivity index (χ1) is 9.17. The Morgan fingerprint density at radius 2 is 1.32 bits per heavy atom. The smallest absolute Gasteiger partial charge is 0.184 e. The molecule has 1 fully saturated rings. The van der Waals surface area contributed by atoms with E-state index in [4.69, 9.17) is 9.47 Å². The molecular formula is C13H18O6. The van der Waals surface area contributed by atoms with Crippen LogP contribution in [0.2, 0.25) is 0 Å². The van der Waals surface area contributed by atoms with E-state index >= 15 is 0 Å². The van der Waals surface area contributed by atoms with Crippen LogP contribution in [0.5, 0.6) is 0 Å². The number of rotatable bonds is 3. The van der Waals surface area contributed by atoms with Crippen LogP contribution < -0.4 is 0 Å². The number of benzene rings is 1. The molecule has 1 saturated heterocycles. The molecule has 6 heteroatoms. The molecule has 106 valence electrons. The summed E-state index contributed by atoms with van der Waals surface area (Å²) >= 11 is 0. The van der Waals surface area contributed by atoms with Crippen LogP contribution in [0.25, 0.3) is 0 Å². The zero-order chi connectivity index (χ0) is 13.8.